The van der Waals surface area contributed by atoms with Crippen LogP contribution in [0.5, 0.6) is 0 Å². The number of nitro benzene ring substituents is 2. The van der Waals surface area contributed by atoms with Crippen LogP contribution in [-0.4, -0.2) is 22.4 Å². The maximum Gasteiger partial charge on any atom is 0.313 e. The number of hydrogen-bond donors (Lipinski definition) is 0. The lowest BCUT2D eigenvalue weighted by atomic mass is 10.1. The maximum absolute atomic E-state index is 11.6. The molecule has 0 aliphatic carbocycles. The molecule has 0 N–H and O–H groups in total. The van der Waals surface area contributed by atoms with Crippen molar-refractivity contribution in [3.63, 3.8) is 0 Å². The molecule has 0 fully saturated rings. The minimum absolute atomic E-state index is 0.128. The largest absolute Gasteiger partial charge is 0.452 e. The highest BCUT2D eigenvalue weighted by Crippen LogP contribution is 2.41. The van der Waals surface area contributed by atoms with Crippen LogP contribution in [0.15, 0.2) is 6.07 Å². The van der Waals surface area contributed by atoms with Crippen LogP contribution in [-0.2, 0) is 16.0 Å². The number of rotatable bonds is 5. The number of carbonyl (C=O) groups is 1. The Morgan fingerprint density at radius 1 is 1.27 bits per heavy atom. The highest BCUT2D eigenvalue weighted by atomic mass is 127. The quantitative estimate of drug-likeness (QED) is 0.220. The smallest absolute Gasteiger partial charge is 0.313 e. The van der Waals surface area contributed by atoms with Gasteiger partial charge in [-0.1, -0.05) is 29.1 Å². The molecule has 8 nitrogen and oxygen atoms in total. The van der Waals surface area contributed by atoms with Crippen LogP contribution < -0.4 is 0 Å². The number of nitro groups is 2. The average Bonchev–Trinajstić information content (AvgIpc) is 2.41. The molecule has 1 aromatic carbocycles. The predicted molar refractivity (Wildman–Crippen MR) is 86.2 cm³/mol. The summed E-state index contributed by atoms with van der Waals surface area (Å²) in [5.74, 6) is 1.69. The SMILES string of the molecule is O=C(Cc1cc([N+](=O)[O-])c(Cl)c([N+](=O)[O-])c1Cl)OCC#CI. The first-order valence-electron chi connectivity index (χ1n) is 5.33. The lowest BCUT2D eigenvalue weighted by Gasteiger charge is -2.06. The third-order valence-electron chi connectivity index (χ3n) is 2.32. The van der Waals surface area contributed by atoms with Gasteiger partial charge in [-0.3, -0.25) is 25.0 Å². The summed E-state index contributed by atoms with van der Waals surface area (Å²) in [6.45, 7) is -0.169. The summed E-state index contributed by atoms with van der Waals surface area (Å²) in [4.78, 5) is 31.5. The summed E-state index contributed by atoms with van der Waals surface area (Å²) in [6, 6.07) is 0.906. The molecule has 1 rings (SSSR count). The van der Waals surface area contributed by atoms with Gasteiger partial charge in [0.1, 0.15) is 5.02 Å². The van der Waals surface area contributed by atoms with Gasteiger partial charge < -0.3 is 4.74 Å². The Labute approximate surface area is 147 Å². The molecule has 0 heterocycles. The third kappa shape index (κ3) is 4.43. The highest BCUT2D eigenvalue weighted by molar-refractivity contribution is 14.1. The molecule has 0 bridgehead atoms. The van der Waals surface area contributed by atoms with Crippen molar-refractivity contribution in [2.75, 3.05) is 6.61 Å². The van der Waals surface area contributed by atoms with Gasteiger partial charge in [-0.15, -0.1) is 0 Å². The van der Waals surface area contributed by atoms with E-state index >= 15 is 0 Å². The van der Waals surface area contributed by atoms with Crippen LogP contribution in [0.4, 0.5) is 11.4 Å². The molecule has 22 heavy (non-hydrogen) atoms. The van der Waals surface area contributed by atoms with E-state index in [1.54, 1.807) is 22.6 Å². The molecule has 11 heteroatoms. The molecule has 0 radical (unpaired) electrons. The Morgan fingerprint density at radius 2 is 1.91 bits per heavy atom. The topological polar surface area (TPSA) is 113 Å². The lowest BCUT2D eigenvalue weighted by molar-refractivity contribution is -0.393. The predicted octanol–water partition coefficient (Wildman–Crippen LogP) is 3.29. The molecular formula is C11H5Cl2IN2O6. The van der Waals surface area contributed by atoms with E-state index in [0.29, 0.717) is 0 Å². The van der Waals surface area contributed by atoms with Gasteiger partial charge in [-0.05, 0) is 9.49 Å². The van der Waals surface area contributed by atoms with E-state index < -0.39 is 43.7 Å². The summed E-state index contributed by atoms with van der Waals surface area (Å²) in [5.41, 5.74) is -1.67. The first-order chi connectivity index (χ1) is 10.3. The van der Waals surface area contributed by atoms with Crippen molar-refractivity contribution in [1.29, 1.82) is 0 Å². The van der Waals surface area contributed by atoms with Gasteiger partial charge in [0, 0.05) is 28.7 Å². The van der Waals surface area contributed by atoms with E-state index in [2.05, 4.69) is 9.85 Å². The highest BCUT2D eigenvalue weighted by Gasteiger charge is 2.31. The summed E-state index contributed by atoms with van der Waals surface area (Å²) < 4.78 is 7.20. The van der Waals surface area contributed by atoms with Crippen LogP contribution in [0.3, 0.4) is 0 Å². The van der Waals surface area contributed by atoms with E-state index in [4.69, 9.17) is 27.9 Å². The summed E-state index contributed by atoms with van der Waals surface area (Å²) in [6.07, 6.45) is -0.486. The van der Waals surface area contributed by atoms with Crippen LogP contribution in [0.25, 0.3) is 0 Å². The molecule has 116 valence electrons. The van der Waals surface area contributed by atoms with Crippen molar-refractivity contribution >= 4 is 63.1 Å². The number of nitrogens with zero attached hydrogens (tertiary/aromatic N) is 2. The van der Waals surface area contributed by atoms with Crippen LogP contribution in [0.2, 0.25) is 10.0 Å². The first-order valence-corrected chi connectivity index (χ1v) is 7.16. The molecule has 0 atom stereocenters. The molecule has 0 spiro atoms. The lowest BCUT2D eigenvalue weighted by Crippen LogP contribution is -2.10. The van der Waals surface area contributed by atoms with Gasteiger partial charge in [0.2, 0.25) is 0 Å². The van der Waals surface area contributed by atoms with Gasteiger partial charge in [0.25, 0.3) is 5.69 Å². The fourth-order valence-electron chi connectivity index (χ4n) is 1.43. The first kappa shape index (κ1) is 18.4. The van der Waals surface area contributed by atoms with Crippen LogP contribution in [0.1, 0.15) is 5.56 Å². The van der Waals surface area contributed by atoms with Gasteiger partial charge in [-0.2, -0.15) is 0 Å². The number of esters is 1. The molecule has 0 saturated carbocycles. The zero-order valence-corrected chi connectivity index (χ0v) is 14.1. The van der Waals surface area contributed by atoms with E-state index in [1.165, 1.54) is 0 Å². The fourth-order valence-corrected chi connectivity index (χ4v) is 2.21. The van der Waals surface area contributed by atoms with E-state index in [0.717, 1.165) is 6.07 Å². The van der Waals surface area contributed by atoms with Crippen molar-refractivity contribution in [3.05, 3.63) is 41.9 Å². The van der Waals surface area contributed by atoms with Crippen molar-refractivity contribution in [3.8, 4) is 9.85 Å². The molecule has 0 aliphatic heterocycles. The molecule has 0 saturated heterocycles. The van der Waals surface area contributed by atoms with Gasteiger partial charge in [0.05, 0.1) is 16.3 Å². The normalized spacial score (nSPS) is 9.59. The Morgan fingerprint density at radius 3 is 2.41 bits per heavy atom. The van der Waals surface area contributed by atoms with Gasteiger partial charge >= 0.3 is 11.7 Å². The van der Waals surface area contributed by atoms with Crippen molar-refractivity contribution < 1.29 is 19.4 Å². The second-order valence-electron chi connectivity index (χ2n) is 3.65. The Kier molecular flexibility index (Phi) is 6.79. The van der Waals surface area contributed by atoms with Gasteiger partial charge in [-0.25, -0.2) is 0 Å². The summed E-state index contributed by atoms with van der Waals surface area (Å²) in [5, 5.41) is 20.7. The van der Waals surface area contributed by atoms with E-state index in [9.17, 15) is 25.0 Å². The number of hydrogen-bond acceptors (Lipinski definition) is 6. The molecule has 0 unspecified atom stereocenters. The zero-order valence-electron chi connectivity index (χ0n) is 10.5. The number of ether oxygens (including phenoxy) is 1. The zero-order chi connectivity index (χ0) is 16.9. The second kappa shape index (κ2) is 8.11. The van der Waals surface area contributed by atoms with E-state index in [-0.39, 0.29) is 12.2 Å². The number of benzene rings is 1. The molecular weight excluding hydrogens is 454 g/mol. The third-order valence-corrected chi connectivity index (χ3v) is 3.50. The summed E-state index contributed by atoms with van der Waals surface area (Å²) in [7, 11) is 0. The standard InChI is InChI=1S/C11H5Cl2IN2O6/c12-9-6(5-8(17)22-3-1-2-14)4-7(15(18)19)10(13)11(9)16(20)21/h4H,3,5H2. The number of carbonyl (C=O) groups excluding carboxylic acids is 1. The van der Waals surface area contributed by atoms with Crippen molar-refractivity contribution in [2.24, 2.45) is 0 Å². The minimum atomic E-state index is -0.950. The van der Waals surface area contributed by atoms with Crippen LogP contribution in [0, 0.1) is 30.1 Å². The molecule has 0 aliphatic rings. The van der Waals surface area contributed by atoms with E-state index in [1.807, 2.05) is 0 Å². The fraction of sp³-hybridized carbons (Fsp3) is 0.182. The average molecular weight is 459 g/mol. The summed E-state index contributed by atoms with van der Waals surface area (Å²) >= 11 is 13.2. The minimum Gasteiger partial charge on any atom is -0.452 e. The van der Waals surface area contributed by atoms with Gasteiger partial charge in [0.15, 0.2) is 11.6 Å². The Bertz CT molecular complexity index is 713. The maximum atomic E-state index is 11.6. The Balaban J connectivity index is 3.24. The molecule has 0 aromatic heterocycles. The number of halogens is 3. The van der Waals surface area contributed by atoms with Crippen molar-refractivity contribution in [2.45, 2.75) is 6.42 Å². The van der Waals surface area contributed by atoms with Crippen molar-refractivity contribution in [1.82, 2.24) is 0 Å². The Hall–Kier alpha value is -1.64. The second-order valence-corrected chi connectivity index (χ2v) is 4.95. The molecule has 0 amide bonds. The van der Waals surface area contributed by atoms with Crippen LogP contribution >= 0.6 is 45.8 Å². The monoisotopic (exact) mass is 458 g/mol. The molecule has 1 aromatic rings.